The molecule has 2 aromatic rings. The number of hydrogen-bond donors (Lipinski definition) is 1. The van der Waals surface area contributed by atoms with Crippen LogP contribution in [0.4, 0.5) is 0 Å². The number of aliphatic imine (C=N–C) groups is 1. The summed E-state index contributed by atoms with van der Waals surface area (Å²) in [6, 6.07) is 14.1. The van der Waals surface area contributed by atoms with Crippen molar-refractivity contribution in [1.82, 2.24) is 0 Å². The van der Waals surface area contributed by atoms with Crippen LogP contribution >= 0.6 is 11.8 Å². The molecule has 2 aromatic carbocycles. The van der Waals surface area contributed by atoms with Crippen LogP contribution in [0, 0.1) is 13.8 Å². The molecule has 4 nitrogen and oxygen atoms in total. The molecular weight excluding hydrogens is 344 g/mol. The van der Waals surface area contributed by atoms with Crippen molar-refractivity contribution >= 4 is 28.6 Å². The van der Waals surface area contributed by atoms with E-state index in [-0.39, 0.29) is 18.2 Å². The van der Waals surface area contributed by atoms with Crippen LogP contribution in [0.5, 0.6) is 0 Å². The molecule has 5 heteroatoms. The van der Waals surface area contributed by atoms with Gasteiger partial charge in [-0.2, -0.15) is 0 Å². The fourth-order valence-corrected chi connectivity index (χ4v) is 4.29. The van der Waals surface area contributed by atoms with E-state index in [2.05, 4.69) is 36.2 Å². The first-order valence-corrected chi connectivity index (χ1v) is 9.46. The van der Waals surface area contributed by atoms with Gasteiger partial charge in [-0.25, -0.2) is 4.99 Å². The maximum atomic E-state index is 12.6. The number of aryl methyl sites for hydroxylation is 2. The highest BCUT2D eigenvalue weighted by Crippen LogP contribution is 2.42. The van der Waals surface area contributed by atoms with Gasteiger partial charge < -0.3 is 5.73 Å². The monoisotopic (exact) mass is 366 g/mol. The van der Waals surface area contributed by atoms with E-state index in [1.165, 1.54) is 17.3 Å². The fourth-order valence-electron chi connectivity index (χ4n) is 3.06. The van der Waals surface area contributed by atoms with Gasteiger partial charge in [0, 0.05) is 5.92 Å². The molecule has 0 fully saturated rings. The van der Waals surface area contributed by atoms with Crippen molar-refractivity contribution in [3.8, 4) is 0 Å². The quantitative estimate of drug-likeness (QED) is 0.873. The Hall–Kier alpha value is -2.40. The first-order valence-electron chi connectivity index (χ1n) is 8.58. The summed E-state index contributed by atoms with van der Waals surface area (Å²) in [7, 11) is 0. The number of rotatable bonds is 5. The Labute approximate surface area is 157 Å². The van der Waals surface area contributed by atoms with Crippen LogP contribution < -0.4 is 5.73 Å². The Balaban J connectivity index is 1.87. The van der Waals surface area contributed by atoms with Crippen LogP contribution in [-0.4, -0.2) is 16.9 Å². The van der Waals surface area contributed by atoms with Crippen LogP contribution in [0.3, 0.4) is 0 Å². The molecule has 0 bridgehead atoms. The second-order valence-electron chi connectivity index (χ2n) is 6.76. The molecule has 0 radical (unpaired) electrons. The van der Waals surface area contributed by atoms with E-state index in [0.29, 0.717) is 0 Å². The molecule has 3 rings (SSSR count). The third-order valence-corrected chi connectivity index (χ3v) is 5.96. The highest BCUT2D eigenvalue weighted by molar-refractivity contribution is 8.15. The minimum absolute atomic E-state index is 0.0546. The lowest BCUT2D eigenvalue weighted by Gasteiger charge is -2.16. The number of carbonyl (C=O) groups excluding carboxylic acids is 2. The lowest BCUT2D eigenvalue weighted by Crippen LogP contribution is -2.16. The van der Waals surface area contributed by atoms with Gasteiger partial charge in [-0.1, -0.05) is 72.3 Å². The number of nitrogens with two attached hydrogens (primary N) is 1. The number of hydrogen-bond acceptors (Lipinski definition) is 3. The minimum atomic E-state index is -0.410. The zero-order valence-electron chi connectivity index (χ0n) is 15.2. The van der Waals surface area contributed by atoms with Crippen LogP contribution in [0.25, 0.3) is 0 Å². The van der Waals surface area contributed by atoms with Gasteiger partial charge in [-0.15, -0.1) is 0 Å². The van der Waals surface area contributed by atoms with Crippen molar-refractivity contribution in [2.75, 3.05) is 0 Å². The molecule has 2 unspecified atom stereocenters. The number of benzene rings is 2. The average Bonchev–Trinajstić information content (AvgIpc) is 2.98. The molecule has 134 valence electrons. The normalized spacial score (nSPS) is 17.9. The standard InChI is InChI=1S/C21H22N2O2S/c1-12-4-7-15(8-5-12)14(3)21-23-20(25)19(26-21)17-10-13(2)6-9-16(17)11-18(22)24/h4-10,14,19H,11H2,1-3H3,(H2,22,24). The summed E-state index contributed by atoms with van der Waals surface area (Å²) in [5.74, 6) is -0.515. The van der Waals surface area contributed by atoms with E-state index < -0.39 is 11.2 Å². The van der Waals surface area contributed by atoms with Gasteiger partial charge in [-0.05, 0) is 30.5 Å². The zero-order chi connectivity index (χ0) is 18.8. The summed E-state index contributed by atoms with van der Waals surface area (Å²) in [4.78, 5) is 28.3. The first-order chi connectivity index (χ1) is 12.3. The molecule has 1 aliphatic heterocycles. The average molecular weight is 366 g/mol. The maximum absolute atomic E-state index is 12.6. The van der Waals surface area contributed by atoms with Crippen molar-refractivity contribution < 1.29 is 9.59 Å². The van der Waals surface area contributed by atoms with Crippen LogP contribution in [0.2, 0.25) is 0 Å². The molecule has 2 amide bonds. The minimum Gasteiger partial charge on any atom is -0.369 e. The van der Waals surface area contributed by atoms with Crippen LogP contribution in [-0.2, 0) is 16.0 Å². The lowest BCUT2D eigenvalue weighted by atomic mass is 9.98. The Bertz CT molecular complexity index is 887. The van der Waals surface area contributed by atoms with Crippen LogP contribution in [0.1, 0.15) is 45.9 Å². The second kappa shape index (κ2) is 7.46. The van der Waals surface area contributed by atoms with Gasteiger partial charge in [0.15, 0.2) is 0 Å². The predicted octanol–water partition coefficient (Wildman–Crippen LogP) is 3.85. The number of thioether (sulfide) groups is 1. The van der Waals surface area contributed by atoms with Crippen molar-refractivity contribution in [2.45, 2.75) is 38.4 Å². The number of primary amides is 1. The van der Waals surface area contributed by atoms with Gasteiger partial charge in [-0.3, -0.25) is 9.59 Å². The highest BCUT2D eigenvalue weighted by atomic mass is 32.2. The largest absolute Gasteiger partial charge is 0.369 e. The van der Waals surface area contributed by atoms with E-state index in [0.717, 1.165) is 27.3 Å². The summed E-state index contributed by atoms with van der Waals surface area (Å²) in [5, 5.41) is 0.405. The number of carbonyl (C=O) groups is 2. The Morgan fingerprint density at radius 2 is 1.81 bits per heavy atom. The van der Waals surface area contributed by atoms with Crippen LogP contribution in [0.15, 0.2) is 47.5 Å². The van der Waals surface area contributed by atoms with E-state index in [4.69, 9.17) is 5.73 Å². The molecule has 2 atom stereocenters. The number of amides is 2. The third-order valence-electron chi connectivity index (χ3n) is 4.58. The van der Waals surface area contributed by atoms with Crippen molar-refractivity contribution in [1.29, 1.82) is 0 Å². The van der Waals surface area contributed by atoms with Gasteiger partial charge in [0.2, 0.25) is 5.91 Å². The molecule has 1 aliphatic rings. The van der Waals surface area contributed by atoms with Gasteiger partial charge in [0.1, 0.15) is 5.25 Å². The summed E-state index contributed by atoms with van der Waals surface area (Å²) in [6.45, 7) is 6.08. The van der Waals surface area contributed by atoms with E-state index in [9.17, 15) is 9.59 Å². The number of nitrogens with zero attached hydrogens (tertiary/aromatic N) is 1. The first kappa shape index (κ1) is 18.4. The second-order valence-corrected chi connectivity index (χ2v) is 7.89. The van der Waals surface area contributed by atoms with Gasteiger partial charge >= 0.3 is 0 Å². The molecular formula is C21H22N2O2S. The molecule has 0 spiro atoms. The molecule has 0 aliphatic carbocycles. The van der Waals surface area contributed by atoms with E-state index in [1.54, 1.807) is 0 Å². The highest BCUT2D eigenvalue weighted by Gasteiger charge is 2.34. The SMILES string of the molecule is Cc1ccc(C(C)C2=NC(=O)C(c3cc(C)ccc3CC(N)=O)S2)cc1. The molecule has 2 N–H and O–H groups in total. The molecule has 0 saturated heterocycles. The smallest absolute Gasteiger partial charge is 0.264 e. The maximum Gasteiger partial charge on any atom is 0.264 e. The summed E-state index contributed by atoms with van der Waals surface area (Å²) in [5.41, 5.74) is 10.4. The zero-order valence-corrected chi connectivity index (χ0v) is 16.0. The van der Waals surface area contributed by atoms with Crippen molar-refractivity contribution in [2.24, 2.45) is 10.7 Å². The van der Waals surface area contributed by atoms with Crippen molar-refractivity contribution in [3.63, 3.8) is 0 Å². The predicted molar refractivity (Wildman–Crippen MR) is 106 cm³/mol. The van der Waals surface area contributed by atoms with Gasteiger partial charge in [0.25, 0.3) is 5.91 Å². The topological polar surface area (TPSA) is 72.5 Å². The molecule has 26 heavy (non-hydrogen) atoms. The summed E-state index contributed by atoms with van der Waals surface area (Å²) >= 11 is 1.48. The van der Waals surface area contributed by atoms with Crippen molar-refractivity contribution in [3.05, 3.63) is 70.3 Å². The molecule has 0 aromatic heterocycles. The van der Waals surface area contributed by atoms with E-state index in [1.807, 2.05) is 32.0 Å². The summed E-state index contributed by atoms with van der Waals surface area (Å²) < 4.78 is 0. The van der Waals surface area contributed by atoms with E-state index >= 15 is 0 Å². The Morgan fingerprint density at radius 1 is 1.15 bits per heavy atom. The fraction of sp³-hybridized carbons (Fsp3) is 0.286. The Morgan fingerprint density at radius 3 is 2.46 bits per heavy atom. The third kappa shape index (κ3) is 3.88. The van der Waals surface area contributed by atoms with Gasteiger partial charge in [0.05, 0.1) is 11.5 Å². The summed E-state index contributed by atoms with van der Waals surface area (Å²) in [6.07, 6.45) is 0.128. The molecule has 1 heterocycles. The lowest BCUT2D eigenvalue weighted by molar-refractivity contribution is -0.118. The molecule has 0 saturated carbocycles. The Kier molecular flexibility index (Phi) is 5.28.